The Morgan fingerprint density at radius 3 is 2.74 bits per heavy atom. The van der Waals surface area contributed by atoms with E-state index in [-0.39, 0.29) is 0 Å². The highest BCUT2D eigenvalue weighted by Crippen LogP contribution is 2.30. The second kappa shape index (κ2) is 9.26. The van der Waals surface area contributed by atoms with Crippen molar-refractivity contribution in [1.29, 1.82) is 0 Å². The smallest absolute Gasteiger partial charge is 0.213 e. The van der Waals surface area contributed by atoms with Gasteiger partial charge in [0.1, 0.15) is 5.75 Å². The van der Waals surface area contributed by atoms with E-state index in [4.69, 9.17) is 9.47 Å². The van der Waals surface area contributed by atoms with Crippen molar-refractivity contribution in [3.63, 3.8) is 0 Å². The first-order chi connectivity index (χ1) is 13.2. The summed E-state index contributed by atoms with van der Waals surface area (Å²) in [6, 6.07) is 10.2. The fourth-order valence-corrected chi connectivity index (χ4v) is 2.69. The van der Waals surface area contributed by atoms with Crippen molar-refractivity contribution in [2.75, 3.05) is 20.8 Å². The molecule has 144 valence electrons. The van der Waals surface area contributed by atoms with Gasteiger partial charge in [-0.3, -0.25) is 4.99 Å². The maximum atomic E-state index is 6.04. The Morgan fingerprint density at radius 2 is 2.00 bits per heavy atom. The molecular formula is C21H28N4O2. The molecule has 1 heterocycles. The Labute approximate surface area is 161 Å². The van der Waals surface area contributed by atoms with Crippen LogP contribution in [0.4, 0.5) is 0 Å². The van der Waals surface area contributed by atoms with Crippen LogP contribution in [0.1, 0.15) is 29.5 Å². The molecule has 0 radical (unpaired) electrons. The fourth-order valence-electron chi connectivity index (χ4n) is 2.69. The summed E-state index contributed by atoms with van der Waals surface area (Å²) in [7, 11) is 3.38. The van der Waals surface area contributed by atoms with E-state index >= 15 is 0 Å². The molecule has 2 N–H and O–H groups in total. The molecule has 0 atom stereocenters. The molecule has 0 spiro atoms. The topological polar surface area (TPSA) is 67.8 Å². The lowest BCUT2D eigenvalue weighted by atomic mass is 10.1. The van der Waals surface area contributed by atoms with Gasteiger partial charge in [-0.15, -0.1) is 0 Å². The van der Waals surface area contributed by atoms with Crippen LogP contribution < -0.4 is 20.1 Å². The third kappa shape index (κ3) is 5.88. The van der Waals surface area contributed by atoms with Crippen molar-refractivity contribution in [2.24, 2.45) is 10.9 Å². The van der Waals surface area contributed by atoms with Crippen LogP contribution in [0.15, 0.2) is 41.5 Å². The minimum atomic E-state index is 0.606. The SMILES string of the molecule is CN=C(NCc1ccnc(OC)c1)NCc1ccc(C)cc1OCC1CC1. The molecule has 6 nitrogen and oxygen atoms in total. The van der Waals surface area contributed by atoms with E-state index < -0.39 is 0 Å². The number of ether oxygens (including phenoxy) is 2. The molecule has 0 unspecified atom stereocenters. The highest BCUT2D eigenvalue weighted by atomic mass is 16.5. The maximum Gasteiger partial charge on any atom is 0.213 e. The van der Waals surface area contributed by atoms with Gasteiger partial charge in [0.05, 0.1) is 13.7 Å². The number of pyridine rings is 1. The maximum absolute atomic E-state index is 6.04. The summed E-state index contributed by atoms with van der Waals surface area (Å²) in [5.74, 6) is 3.04. The zero-order valence-electron chi connectivity index (χ0n) is 16.3. The lowest BCUT2D eigenvalue weighted by Gasteiger charge is -2.15. The first-order valence-electron chi connectivity index (χ1n) is 9.33. The second-order valence-electron chi connectivity index (χ2n) is 6.85. The van der Waals surface area contributed by atoms with Crippen molar-refractivity contribution < 1.29 is 9.47 Å². The van der Waals surface area contributed by atoms with Crippen molar-refractivity contribution in [3.05, 3.63) is 53.2 Å². The molecule has 0 amide bonds. The Kier molecular flexibility index (Phi) is 6.52. The highest BCUT2D eigenvalue weighted by molar-refractivity contribution is 5.79. The summed E-state index contributed by atoms with van der Waals surface area (Å²) in [6.45, 7) is 4.19. The third-order valence-corrected chi connectivity index (χ3v) is 4.53. The second-order valence-corrected chi connectivity index (χ2v) is 6.85. The molecule has 0 bridgehead atoms. The molecule has 2 aromatic rings. The van der Waals surface area contributed by atoms with Gasteiger partial charge in [-0.2, -0.15) is 0 Å². The summed E-state index contributed by atoms with van der Waals surface area (Å²) in [5.41, 5.74) is 3.42. The van der Waals surface area contributed by atoms with Crippen molar-refractivity contribution in [2.45, 2.75) is 32.9 Å². The summed E-state index contributed by atoms with van der Waals surface area (Å²) < 4.78 is 11.2. The van der Waals surface area contributed by atoms with Crippen molar-refractivity contribution in [3.8, 4) is 11.6 Å². The average molecular weight is 368 g/mol. The number of methoxy groups -OCH3 is 1. The largest absolute Gasteiger partial charge is 0.493 e. The minimum Gasteiger partial charge on any atom is -0.493 e. The first-order valence-corrected chi connectivity index (χ1v) is 9.33. The number of rotatable bonds is 8. The summed E-state index contributed by atoms with van der Waals surface area (Å²) in [6.07, 6.45) is 4.31. The van der Waals surface area contributed by atoms with Crippen LogP contribution >= 0.6 is 0 Å². The van der Waals surface area contributed by atoms with Crippen LogP contribution in [0, 0.1) is 12.8 Å². The number of benzene rings is 1. The van der Waals surface area contributed by atoms with Gasteiger partial charge in [-0.05, 0) is 48.9 Å². The van der Waals surface area contributed by atoms with E-state index in [1.807, 2.05) is 12.1 Å². The lowest BCUT2D eigenvalue weighted by molar-refractivity contribution is 0.296. The van der Waals surface area contributed by atoms with E-state index in [2.05, 4.69) is 45.7 Å². The molecule has 27 heavy (non-hydrogen) atoms. The molecule has 1 aromatic carbocycles. The number of aliphatic imine (C=N–C) groups is 1. The van der Waals surface area contributed by atoms with Crippen LogP contribution in [-0.4, -0.2) is 31.7 Å². The summed E-state index contributed by atoms with van der Waals surface area (Å²) in [4.78, 5) is 8.42. The quantitative estimate of drug-likeness (QED) is 0.554. The van der Waals surface area contributed by atoms with Crippen LogP contribution in [-0.2, 0) is 13.1 Å². The number of hydrogen-bond donors (Lipinski definition) is 2. The van der Waals surface area contributed by atoms with Gasteiger partial charge in [-0.25, -0.2) is 4.98 Å². The fraction of sp³-hybridized carbons (Fsp3) is 0.429. The molecular weight excluding hydrogens is 340 g/mol. The van der Waals surface area contributed by atoms with Gasteiger partial charge in [0.15, 0.2) is 5.96 Å². The Bertz CT molecular complexity index is 788. The Hall–Kier alpha value is -2.76. The average Bonchev–Trinajstić information content (AvgIpc) is 3.52. The summed E-state index contributed by atoms with van der Waals surface area (Å²) in [5, 5.41) is 6.67. The Morgan fingerprint density at radius 1 is 1.19 bits per heavy atom. The van der Waals surface area contributed by atoms with Gasteiger partial charge in [0.2, 0.25) is 5.88 Å². The number of guanidine groups is 1. The van der Waals surface area contributed by atoms with Crippen molar-refractivity contribution in [1.82, 2.24) is 15.6 Å². The lowest BCUT2D eigenvalue weighted by Crippen LogP contribution is -2.36. The molecule has 1 aromatic heterocycles. The van der Waals surface area contributed by atoms with E-state index in [1.54, 1.807) is 20.4 Å². The zero-order valence-corrected chi connectivity index (χ0v) is 16.3. The van der Waals surface area contributed by atoms with E-state index in [0.29, 0.717) is 19.0 Å². The highest BCUT2D eigenvalue weighted by Gasteiger charge is 2.22. The first kappa shape index (κ1) is 19.0. The van der Waals surface area contributed by atoms with Gasteiger partial charge in [0, 0.05) is 38.0 Å². The van der Waals surface area contributed by atoms with Gasteiger partial charge >= 0.3 is 0 Å². The number of nitrogens with one attached hydrogen (secondary N) is 2. The number of nitrogens with zero attached hydrogens (tertiary/aromatic N) is 2. The molecule has 1 saturated carbocycles. The zero-order chi connectivity index (χ0) is 19.1. The third-order valence-electron chi connectivity index (χ3n) is 4.53. The van der Waals surface area contributed by atoms with Gasteiger partial charge < -0.3 is 20.1 Å². The van der Waals surface area contributed by atoms with Crippen molar-refractivity contribution >= 4 is 5.96 Å². The Balaban J connectivity index is 1.55. The van der Waals surface area contributed by atoms with Gasteiger partial charge in [-0.1, -0.05) is 12.1 Å². The molecule has 0 aliphatic heterocycles. The molecule has 1 aliphatic carbocycles. The number of aryl methyl sites for hydroxylation is 1. The minimum absolute atomic E-state index is 0.606. The van der Waals surface area contributed by atoms with Crippen LogP contribution in [0.25, 0.3) is 0 Å². The van der Waals surface area contributed by atoms with E-state index in [9.17, 15) is 0 Å². The molecule has 0 saturated heterocycles. The summed E-state index contributed by atoms with van der Waals surface area (Å²) >= 11 is 0. The van der Waals surface area contributed by atoms with Crippen LogP contribution in [0.3, 0.4) is 0 Å². The number of aromatic nitrogens is 1. The van der Waals surface area contributed by atoms with Crippen LogP contribution in [0.2, 0.25) is 0 Å². The predicted molar refractivity (Wildman–Crippen MR) is 107 cm³/mol. The molecule has 1 fully saturated rings. The predicted octanol–water partition coefficient (Wildman–Crippen LogP) is 3.05. The molecule has 1 aliphatic rings. The van der Waals surface area contributed by atoms with Crippen LogP contribution in [0.5, 0.6) is 11.6 Å². The monoisotopic (exact) mass is 368 g/mol. The molecule has 3 rings (SSSR count). The van der Waals surface area contributed by atoms with Gasteiger partial charge in [0.25, 0.3) is 0 Å². The normalized spacial score (nSPS) is 14.0. The standard InChI is InChI=1S/C21H28N4O2/c1-15-4-7-18(19(10-15)27-14-16-5-6-16)13-25-21(22-2)24-12-17-8-9-23-20(11-17)26-3/h4,7-11,16H,5-6,12-14H2,1-3H3,(H2,22,24,25). The van der Waals surface area contributed by atoms with E-state index in [1.165, 1.54) is 18.4 Å². The van der Waals surface area contributed by atoms with E-state index in [0.717, 1.165) is 35.4 Å². The molecule has 6 heteroatoms. The number of hydrogen-bond acceptors (Lipinski definition) is 4.